The fourth-order valence-electron chi connectivity index (χ4n) is 5.72. The van der Waals surface area contributed by atoms with Crippen LogP contribution in [0.2, 0.25) is 0 Å². The van der Waals surface area contributed by atoms with E-state index in [1.165, 1.54) is 17.0 Å². The molecule has 2 unspecified atom stereocenters. The third-order valence-corrected chi connectivity index (χ3v) is 8.87. The highest BCUT2D eigenvalue weighted by Crippen LogP contribution is 2.29. The first-order chi connectivity index (χ1) is 18.9. The van der Waals surface area contributed by atoms with Crippen LogP contribution in [0.15, 0.2) is 66.0 Å². The van der Waals surface area contributed by atoms with Crippen LogP contribution in [0.5, 0.6) is 0 Å². The standard InChI is InChI=1S/C31H37FN4O2S/c1-21-4-8-23(9-5-21)31(38)36-19-27(17-29(36)30(37)34-26-14-12-25(33)13-15-26)35(20-28-3-2-16-39-28)18-22-6-10-24(32)11-7-22/h2-11,16,25-27,29H,12-15,17-20,33H2,1H3,(H,34,37). The van der Waals surface area contributed by atoms with E-state index in [-0.39, 0.29) is 35.8 Å². The van der Waals surface area contributed by atoms with E-state index in [1.54, 1.807) is 28.4 Å². The lowest BCUT2D eigenvalue weighted by Gasteiger charge is -2.30. The summed E-state index contributed by atoms with van der Waals surface area (Å²) in [4.78, 5) is 32.7. The molecule has 0 radical (unpaired) electrons. The van der Waals surface area contributed by atoms with Gasteiger partial charge in [-0.2, -0.15) is 0 Å². The molecule has 2 heterocycles. The molecule has 0 bridgehead atoms. The fourth-order valence-corrected chi connectivity index (χ4v) is 6.44. The maximum absolute atomic E-state index is 13.8. The quantitative estimate of drug-likeness (QED) is 0.421. The number of likely N-dealkylation sites (tertiary alicyclic amines) is 1. The third kappa shape index (κ3) is 6.93. The first-order valence-corrected chi connectivity index (χ1v) is 14.7. The summed E-state index contributed by atoms with van der Waals surface area (Å²) in [6, 6.07) is 17.9. The first-order valence-electron chi connectivity index (χ1n) is 13.8. The zero-order valence-corrected chi connectivity index (χ0v) is 23.2. The van der Waals surface area contributed by atoms with E-state index in [0.29, 0.717) is 31.6 Å². The number of nitrogens with one attached hydrogen (secondary N) is 1. The largest absolute Gasteiger partial charge is 0.352 e. The predicted octanol–water partition coefficient (Wildman–Crippen LogP) is 4.87. The lowest BCUT2D eigenvalue weighted by atomic mass is 9.91. The van der Waals surface area contributed by atoms with Crippen molar-refractivity contribution in [3.05, 3.63) is 93.4 Å². The van der Waals surface area contributed by atoms with Crippen LogP contribution in [0.1, 0.15) is 58.5 Å². The second-order valence-electron chi connectivity index (χ2n) is 11.0. The summed E-state index contributed by atoms with van der Waals surface area (Å²) < 4.78 is 13.6. The molecule has 1 aromatic heterocycles. The molecule has 8 heteroatoms. The highest BCUT2D eigenvalue weighted by atomic mass is 32.1. The minimum atomic E-state index is -0.557. The Balaban J connectivity index is 1.39. The Morgan fingerprint density at radius 2 is 1.74 bits per heavy atom. The van der Waals surface area contributed by atoms with E-state index in [4.69, 9.17) is 5.73 Å². The topological polar surface area (TPSA) is 78.7 Å². The molecule has 1 saturated carbocycles. The molecule has 6 nitrogen and oxygen atoms in total. The Morgan fingerprint density at radius 3 is 2.41 bits per heavy atom. The molecule has 1 saturated heterocycles. The molecular formula is C31H37FN4O2S. The maximum atomic E-state index is 13.8. The van der Waals surface area contributed by atoms with Crippen LogP contribution in [0.4, 0.5) is 4.39 Å². The van der Waals surface area contributed by atoms with Gasteiger partial charge in [-0.15, -0.1) is 11.3 Å². The number of amides is 2. The van der Waals surface area contributed by atoms with Crippen LogP contribution in [0.25, 0.3) is 0 Å². The van der Waals surface area contributed by atoms with E-state index in [0.717, 1.165) is 36.8 Å². The molecule has 1 aliphatic carbocycles. The summed E-state index contributed by atoms with van der Waals surface area (Å²) in [5, 5.41) is 5.30. The van der Waals surface area contributed by atoms with Crippen molar-refractivity contribution in [1.29, 1.82) is 0 Å². The molecule has 0 spiro atoms. The maximum Gasteiger partial charge on any atom is 0.254 e. The molecule has 5 rings (SSSR count). The van der Waals surface area contributed by atoms with E-state index < -0.39 is 6.04 Å². The second kappa shape index (κ2) is 12.4. The normalized spacial score (nSPS) is 23.2. The van der Waals surface area contributed by atoms with Gasteiger partial charge >= 0.3 is 0 Å². The summed E-state index contributed by atoms with van der Waals surface area (Å²) >= 11 is 1.69. The van der Waals surface area contributed by atoms with E-state index in [9.17, 15) is 14.0 Å². The second-order valence-corrected chi connectivity index (χ2v) is 12.0. The number of benzene rings is 2. The minimum Gasteiger partial charge on any atom is -0.352 e. The third-order valence-electron chi connectivity index (χ3n) is 8.01. The number of nitrogens with zero attached hydrogens (tertiary/aromatic N) is 2. The number of carbonyl (C=O) groups excluding carboxylic acids is 2. The fraction of sp³-hybridized carbons (Fsp3) is 0.419. The van der Waals surface area contributed by atoms with Crippen molar-refractivity contribution in [3.63, 3.8) is 0 Å². The SMILES string of the molecule is Cc1ccc(C(=O)N2CC(N(Cc3ccc(F)cc3)Cc3cccs3)CC2C(=O)NC2CCC(N)CC2)cc1. The molecule has 206 valence electrons. The van der Waals surface area contributed by atoms with Gasteiger partial charge < -0.3 is 16.0 Å². The van der Waals surface area contributed by atoms with E-state index in [2.05, 4.69) is 21.7 Å². The number of carbonyl (C=O) groups is 2. The van der Waals surface area contributed by atoms with Gasteiger partial charge in [0.05, 0.1) is 0 Å². The number of aryl methyl sites for hydroxylation is 1. The summed E-state index contributed by atoms with van der Waals surface area (Å²) in [7, 11) is 0. The monoisotopic (exact) mass is 548 g/mol. The van der Waals surface area contributed by atoms with Crippen LogP contribution in [0.3, 0.4) is 0 Å². The highest BCUT2D eigenvalue weighted by Gasteiger charge is 2.42. The Kier molecular flexibility index (Phi) is 8.75. The van der Waals surface area contributed by atoms with Gasteiger partial charge in [0.2, 0.25) is 5.91 Å². The van der Waals surface area contributed by atoms with Crippen molar-refractivity contribution in [2.45, 2.75) is 76.3 Å². The minimum absolute atomic E-state index is 0.0259. The number of hydrogen-bond donors (Lipinski definition) is 2. The van der Waals surface area contributed by atoms with Crippen LogP contribution in [0, 0.1) is 12.7 Å². The molecule has 3 aromatic rings. The van der Waals surface area contributed by atoms with E-state index >= 15 is 0 Å². The van der Waals surface area contributed by atoms with Gasteiger partial charge in [0.15, 0.2) is 0 Å². The van der Waals surface area contributed by atoms with Crippen molar-refractivity contribution in [3.8, 4) is 0 Å². The van der Waals surface area contributed by atoms with Crippen molar-refractivity contribution in [2.75, 3.05) is 6.54 Å². The van der Waals surface area contributed by atoms with Gasteiger partial charge in [0.25, 0.3) is 5.91 Å². The van der Waals surface area contributed by atoms with Gasteiger partial charge in [-0.1, -0.05) is 35.9 Å². The summed E-state index contributed by atoms with van der Waals surface area (Å²) in [6.07, 6.45) is 4.07. The van der Waals surface area contributed by atoms with E-state index in [1.807, 2.05) is 37.3 Å². The van der Waals surface area contributed by atoms with Crippen molar-refractivity contribution in [2.24, 2.45) is 5.73 Å². The molecule has 3 N–H and O–H groups in total. The van der Waals surface area contributed by atoms with Gasteiger partial charge in [0.1, 0.15) is 11.9 Å². The van der Waals surface area contributed by atoms with Crippen molar-refractivity contribution in [1.82, 2.24) is 15.1 Å². The molecular weight excluding hydrogens is 511 g/mol. The lowest BCUT2D eigenvalue weighted by Crippen LogP contribution is -2.50. The molecule has 39 heavy (non-hydrogen) atoms. The highest BCUT2D eigenvalue weighted by molar-refractivity contribution is 7.09. The van der Waals surface area contributed by atoms with Crippen LogP contribution < -0.4 is 11.1 Å². The molecule has 2 aromatic carbocycles. The van der Waals surface area contributed by atoms with Crippen LogP contribution >= 0.6 is 11.3 Å². The number of hydrogen-bond acceptors (Lipinski definition) is 5. The number of nitrogens with two attached hydrogens (primary N) is 1. The van der Waals surface area contributed by atoms with Gasteiger partial charge in [-0.25, -0.2) is 4.39 Å². The zero-order valence-electron chi connectivity index (χ0n) is 22.4. The van der Waals surface area contributed by atoms with Gasteiger partial charge in [-0.05, 0) is 80.3 Å². The Morgan fingerprint density at radius 1 is 1.03 bits per heavy atom. The number of halogens is 1. The van der Waals surface area contributed by atoms with Crippen LogP contribution in [-0.2, 0) is 17.9 Å². The Hall–Kier alpha value is -3.07. The Labute approximate surface area is 234 Å². The Bertz CT molecular complexity index is 1240. The molecule has 1 aliphatic heterocycles. The summed E-state index contributed by atoms with van der Waals surface area (Å²) in [5.74, 6) is -0.475. The first kappa shape index (κ1) is 27.5. The molecule has 2 amide bonds. The van der Waals surface area contributed by atoms with Crippen LogP contribution in [-0.4, -0.2) is 52.3 Å². The number of rotatable bonds is 8. The van der Waals surface area contributed by atoms with Crippen molar-refractivity contribution < 1.29 is 14.0 Å². The summed E-state index contributed by atoms with van der Waals surface area (Å²) in [5.41, 5.74) is 8.74. The number of thiophene rings is 1. The van der Waals surface area contributed by atoms with Gasteiger partial charge in [-0.3, -0.25) is 14.5 Å². The smallest absolute Gasteiger partial charge is 0.254 e. The zero-order chi connectivity index (χ0) is 27.4. The average molecular weight is 549 g/mol. The molecule has 2 fully saturated rings. The average Bonchev–Trinajstić information content (AvgIpc) is 3.61. The van der Waals surface area contributed by atoms with Crippen molar-refractivity contribution >= 4 is 23.2 Å². The summed E-state index contributed by atoms with van der Waals surface area (Å²) in [6.45, 7) is 3.74. The molecule has 2 atom stereocenters. The predicted molar refractivity (Wildman–Crippen MR) is 153 cm³/mol. The molecule has 2 aliphatic rings. The van der Waals surface area contributed by atoms with Gasteiger partial charge in [0, 0.05) is 48.2 Å². The lowest BCUT2D eigenvalue weighted by molar-refractivity contribution is -0.125.